The molecule has 0 bridgehead atoms. The fraction of sp³-hybridized carbons (Fsp3) is 0.400. The van der Waals surface area contributed by atoms with Crippen LogP contribution in [0.3, 0.4) is 0 Å². The van der Waals surface area contributed by atoms with Crippen molar-refractivity contribution < 1.29 is 19.1 Å². The third kappa shape index (κ3) is 2.12. The van der Waals surface area contributed by atoms with E-state index < -0.39 is 13.4 Å². The first-order valence-corrected chi connectivity index (χ1v) is 5.64. The zero-order valence-electron chi connectivity index (χ0n) is 6.25. The van der Waals surface area contributed by atoms with Gasteiger partial charge in [-0.05, 0) is 0 Å². The molecule has 0 saturated carbocycles. The number of rotatable bonds is 3. The first-order chi connectivity index (χ1) is 5.55. The molecule has 12 heavy (non-hydrogen) atoms. The summed E-state index contributed by atoms with van der Waals surface area (Å²) in [5.41, 5.74) is 1.77. The topological polar surface area (TPSA) is 79.7 Å². The molecule has 0 saturated heterocycles. The van der Waals surface area contributed by atoms with Gasteiger partial charge in [0.1, 0.15) is 0 Å². The van der Waals surface area contributed by atoms with Crippen molar-refractivity contribution in [3.8, 4) is 0 Å². The normalized spacial score (nSPS) is 14.6. The molecule has 5 nitrogen and oxygen atoms in total. The van der Waals surface area contributed by atoms with E-state index in [1.807, 2.05) is 0 Å². The monoisotopic (exact) mass is 209 g/mol. The van der Waals surface area contributed by atoms with Gasteiger partial charge in [0.15, 0.2) is 0 Å². The van der Waals surface area contributed by atoms with Crippen molar-refractivity contribution >= 4 is 18.9 Å². The summed E-state index contributed by atoms with van der Waals surface area (Å²) in [4.78, 5) is 21.4. The van der Waals surface area contributed by atoms with Crippen LogP contribution in [0.1, 0.15) is 11.5 Å². The Kier molecular flexibility index (Phi) is 2.98. The molecule has 0 amide bonds. The number of nitrogens with zero attached hydrogens (tertiary/aromatic N) is 1. The molecular formula is C5H8NO4PS. The lowest BCUT2D eigenvalue weighted by Gasteiger charge is -2.13. The van der Waals surface area contributed by atoms with Crippen LogP contribution in [0.15, 0.2) is 10.9 Å². The van der Waals surface area contributed by atoms with E-state index in [0.29, 0.717) is 0 Å². The van der Waals surface area contributed by atoms with Gasteiger partial charge in [-0.1, -0.05) is 0 Å². The lowest BCUT2D eigenvalue weighted by Crippen LogP contribution is -2.02. The van der Waals surface area contributed by atoms with E-state index in [9.17, 15) is 4.57 Å². The SMILES string of the molecule is COC(c1cscn1)P(=O)(O)O. The molecule has 0 aliphatic heterocycles. The van der Waals surface area contributed by atoms with E-state index in [-0.39, 0.29) is 5.69 Å². The molecule has 1 heterocycles. The average molecular weight is 209 g/mol. The van der Waals surface area contributed by atoms with Gasteiger partial charge in [-0.3, -0.25) is 4.57 Å². The molecule has 2 N–H and O–H groups in total. The van der Waals surface area contributed by atoms with Gasteiger partial charge in [-0.2, -0.15) is 0 Å². The maximum atomic E-state index is 10.8. The summed E-state index contributed by atoms with van der Waals surface area (Å²) in [5, 5.41) is 1.55. The first-order valence-electron chi connectivity index (χ1n) is 3.02. The quantitative estimate of drug-likeness (QED) is 0.725. The molecule has 0 aromatic carbocycles. The van der Waals surface area contributed by atoms with Crippen molar-refractivity contribution in [3.63, 3.8) is 0 Å². The second-order valence-corrected chi connectivity index (χ2v) is 4.46. The van der Waals surface area contributed by atoms with Crippen LogP contribution in [0, 0.1) is 0 Å². The Morgan fingerprint density at radius 3 is 2.75 bits per heavy atom. The molecule has 7 heteroatoms. The molecule has 0 fully saturated rings. The van der Waals surface area contributed by atoms with Crippen molar-refractivity contribution in [1.29, 1.82) is 0 Å². The fourth-order valence-electron chi connectivity index (χ4n) is 0.774. The zero-order chi connectivity index (χ0) is 9.19. The largest absolute Gasteiger partial charge is 0.363 e. The van der Waals surface area contributed by atoms with Gasteiger partial charge in [0.05, 0.1) is 11.2 Å². The third-order valence-electron chi connectivity index (χ3n) is 1.23. The standard InChI is InChI=1S/C5H8NO4PS/c1-10-5(11(7,8)9)4-2-12-3-6-4/h2-3,5H,1H3,(H2,7,8,9). The second kappa shape index (κ2) is 3.64. The Morgan fingerprint density at radius 1 is 1.75 bits per heavy atom. The maximum absolute atomic E-state index is 10.8. The van der Waals surface area contributed by atoms with E-state index >= 15 is 0 Å². The number of ether oxygens (including phenoxy) is 1. The molecule has 1 rings (SSSR count). The maximum Gasteiger partial charge on any atom is 0.360 e. The first kappa shape index (κ1) is 9.83. The van der Waals surface area contributed by atoms with E-state index in [0.717, 1.165) is 0 Å². The van der Waals surface area contributed by atoms with Gasteiger partial charge in [-0.15, -0.1) is 11.3 Å². The molecule has 68 valence electrons. The van der Waals surface area contributed by atoms with Crippen LogP contribution < -0.4 is 0 Å². The fourth-order valence-corrected chi connectivity index (χ4v) is 2.20. The lowest BCUT2D eigenvalue weighted by molar-refractivity contribution is 0.135. The second-order valence-electron chi connectivity index (χ2n) is 2.09. The molecule has 1 aromatic rings. The summed E-state index contributed by atoms with van der Waals surface area (Å²) >= 11 is 1.26. The minimum absolute atomic E-state index is 0.274. The van der Waals surface area contributed by atoms with Crippen LogP contribution in [-0.4, -0.2) is 21.9 Å². The van der Waals surface area contributed by atoms with Crippen LogP contribution in [0.25, 0.3) is 0 Å². The molecule has 1 unspecified atom stereocenters. The van der Waals surface area contributed by atoms with E-state index in [1.54, 1.807) is 5.38 Å². The van der Waals surface area contributed by atoms with Crippen LogP contribution in [0.4, 0.5) is 0 Å². The van der Waals surface area contributed by atoms with Crippen LogP contribution in [-0.2, 0) is 9.30 Å². The molecule has 1 atom stereocenters. The van der Waals surface area contributed by atoms with Crippen LogP contribution >= 0.6 is 18.9 Å². The summed E-state index contributed by atoms with van der Waals surface area (Å²) in [7, 11) is -3.00. The van der Waals surface area contributed by atoms with Crippen molar-refractivity contribution in [2.45, 2.75) is 5.85 Å². The van der Waals surface area contributed by atoms with Gasteiger partial charge >= 0.3 is 7.60 Å². The van der Waals surface area contributed by atoms with Gasteiger partial charge in [0, 0.05) is 12.5 Å². The summed E-state index contributed by atoms with van der Waals surface area (Å²) in [6.07, 6.45) is 0. The Labute approximate surface area is 73.2 Å². The van der Waals surface area contributed by atoms with Crippen molar-refractivity contribution in [3.05, 3.63) is 16.6 Å². The molecule has 1 aromatic heterocycles. The van der Waals surface area contributed by atoms with Crippen LogP contribution in [0.2, 0.25) is 0 Å². The van der Waals surface area contributed by atoms with E-state index in [1.165, 1.54) is 24.0 Å². The molecule has 0 spiro atoms. The number of methoxy groups -OCH3 is 1. The highest BCUT2D eigenvalue weighted by Crippen LogP contribution is 2.51. The Hall–Kier alpha value is -0.260. The smallest absolute Gasteiger partial charge is 0.360 e. The molecule has 0 aliphatic rings. The number of hydrogen-bond acceptors (Lipinski definition) is 4. The number of hydrogen-bond donors (Lipinski definition) is 2. The minimum atomic E-state index is -4.24. The van der Waals surface area contributed by atoms with Gasteiger partial charge in [0.25, 0.3) is 0 Å². The minimum Gasteiger partial charge on any atom is -0.363 e. The lowest BCUT2D eigenvalue weighted by atomic mass is 10.5. The summed E-state index contributed by atoms with van der Waals surface area (Å²) in [6.45, 7) is 0. The molecule has 0 aliphatic carbocycles. The van der Waals surface area contributed by atoms with Crippen molar-refractivity contribution in [2.24, 2.45) is 0 Å². The van der Waals surface area contributed by atoms with E-state index in [2.05, 4.69) is 9.72 Å². The molecule has 0 radical (unpaired) electrons. The van der Waals surface area contributed by atoms with Crippen molar-refractivity contribution in [2.75, 3.05) is 7.11 Å². The summed E-state index contributed by atoms with van der Waals surface area (Å²) in [6, 6.07) is 0. The molecular weight excluding hydrogens is 201 g/mol. The zero-order valence-corrected chi connectivity index (χ0v) is 7.96. The van der Waals surface area contributed by atoms with Crippen LogP contribution in [0.5, 0.6) is 0 Å². The highest BCUT2D eigenvalue weighted by atomic mass is 32.1. The highest BCUT2D eigenvalue weighted by Gasteiger charge is 2.31. The van der Waals surface area contributed by atoms with Gasteiger partial charge < -0.3 is 14.5 Å². The Bertz CT molecular complexity index is 282. The summed E-state index contributed by atoms with van der Waals surface area (Å²) < 4.78 is 15.4. The third-order valence-corrected chi connectivity index (χ3v) is 2.92. The highest BCUT2D eigenvalue weighted by molar-refractivity contribution is 7.52. The van der Waals surface area contributed by atoms with E-state index in [4.69, 9.17) is 9.79 Å². The van der Waals surface area contributed by atoms with Crippen molar-refractivity contribution in [1.82, 2.24) is 4.98 Å². The van der Waals surface area contributed by atoms with Gasteiger partial charge in [0.2, 0.25) is 5.85 Å². The Balaban J connectivity index is 2.92. The predicted octanol–water partition coefficient (Wildman–Crippen LogP) is 0.966. The number of aromatic nitrogens is 1. The summed E-state index contributed by atoms with van der Waals surface area (Å²) in [5.74, 6) is -1.23. The average Bonchev–Trinajstić information content (AvgIpc) is 2.38. The van der Waals surface area contributed by atoms with Gasteiger partial charge in [-0.25, -0.2) is 4.98 Å². The Morgan fingerprint density at radius 2 is 2.42 bits per heavy atom. The number of thiazole rings is 1. The predicted molar refractivity (Wildman–Crippen MR) is 43.9 cm³/mol.